The molecule has 1 rings (SSSR count). The molecule has 0 aliphatic carbocycles. The summed E-state index contributed by atoms with van der Waals surface area (Å²) >= 11 is 5.51. The minimum absolute atomic E-state index is 0.0794. The highest BCUT2D eigenvalue weighted by molar-refractivity contribution is 6.30. The summed E-state index contributed by atoms with van der Waals surface area (Å²) in [5, 5.41) is 11.6. The largest absolute Gasteiger partial charge is 0.395 e. The van der Waals surface area contributed by atoms with Crippen LogP contribution in [0.3, 0.4) is 0 Å². The first-order valence-electron chi connectivity index (χ1n) is 3.99. The van der Waals surface area contributed by atoms with Crippen LogP contribution in [-0.4, -0.2) is 18.3 Å². The molecule has 72 valence electrons. The van der Waals surface area contributed by atoms with Crippen LogP contribution in [0.4, 0.5) is 4.39 Å². The molecular weight excluding hydrogens is 193 g/mol. The molecule has 0 radical (unpaired) electrons. The molecule has 0 unspecified atom stereocenters. The van der Waals surface area contributed by atoms with Gasteiger partial charge in [-0.15, -0.1) is 0 Å². The molecule has 0 atom stereocenters. The predicted molar refractivity (Wildman–Crippen MR) is 50.2 cm³/mol. The lowest BCUT2D eigenvalue weighted by atomic mass is 10.2. The number of halogens is 2. The Hall–Kier alpha value is -0.640. The summed E-state index contributed by atoms with van der Waals surface area (Å²) < 4.78 is 12.9. The van der Waals surface area contributed by atoms with E-state index in [1.807, 2.05) is 0 Å². The molecule has 0 amide bonds. The molecule has 0 spiro atoms. The molecule has 2 nitrogen and oxygen atoms in total. The standard InChI is InChI=1S/C9H11ClFNO/c10-8-2-1-7(5-9(8)11)6-12-3-4-13/h1-2,5,12-13H,3-4,6H2. The smallest absolute Gasteiger partial charge is 0.142 e. The molecule has 1 aromatic carbocycles. The first-order chi connectivity index (χ1) is 6.24. The van der Waals surface area contributed by atoms with Crippen LogP contribution in [0.25, 0.3) is 0 Å². The molecule has 1 aromatic rings. The highest BCUT2D eigenvalue weighted by atomic mass is 35.5. The van der Waals surface area contributed by atoms with E-state index in [9.17, 15) is 4.39 Å². The van der Waals surface area contributed by atoms with E-state index in [0.29, 0.717) is 13.1 Å². The number of aliphatic hydroxyl groups excluding tert-OH is 1. The third-order valence-electron chi connectivity index (χ3n) is 1.60. The van der Waals surface area contributed by atoms with Crippen molar-refractivity contribution in [1.29, 1.82) is 0 Å². The molecule has 13 heavy (non-hydrogen) atoms. The average molecular weight is 204 g/mol. The summed E-state index contributed by atoms with van der Waals surface area (Å²) in [5.74, 6) is -0.412. The van der Waals surface area contributed by atoms with Crippen molar-refractivity contribution in [1.82, 2.24) is 5.32 Å². The van der Waals surface area contributed by atoms with Crippen molar-refractivity contribution >= 4 is 11.6 Å². The SMILES string of the molecule is OCCNCc1ccc(Cl)c(F)c1. The van der Waals surface area contributed by atoms with Crippen LogP contribution >= 0.6 is 11.6 Å². The molecule has 0 aliphatic rings. The number of aliphatic hydroxyl groups is 1. The van der Waals surface area contributed by atoms with Gasteiger partial charge in [-0.1, -0.05) is 17.7 Å². The van der Waals surface area contributed by atoms with Gasteiger partial charge in [0.05, 0.1) is 11.6 Å². The molecule has 0 saturated heterocycles. The zero-order chi connectivity index (χ0) is 9.68. The van der Waals surface area contributed by atoms with Crippen LogP contribution in [0, 0.1) is 5.82 Å². The van der Waals surface area contributed by atoms with E-state index < -0.39 is 5.82 Å². The van der Waals surface area contributed by atoms with Gasteiger partial charge in [0.15, 0.2) is 0 Å². The van der Waals surface area contributed by atoms with Crippen molar-refractivity contribution in [2.24, 2.45) is 0 Å². The summed E-state index contributed by atoms with van der Waals surface area (Å²) in [5.41, 5.74) is 0.815. The van der Waals surface area contributed by atoms with Gasteiger partial charge in [-0.05, 0) is 17.7 Å². The summed E-state index contributed by atoms with van der Waals surface area (Å²) in [7, 11) is 0. The Morgan fingerprint density at radius 3 is 2.85 bits per heavy atom. The Bertz CT molecular complexity index is 280. The van der Waals surface area contributed by atoms with Gasteiger partial charge in [-0.3, -0.25) is 0 Å². The van der Waals surface area contributed by atoms with Gasteiger partial charge in [0, 0.05) is 13.1 Å². The highest BCUT2D eigenvalue weighted by Gasteiger charge is 1.99. The van der Waals surface area contributed by atoms with Gasteiger partial charge >= 0.3 is 0 Å². The quantitative estimate of drug-likeness (QED) is 0.728. The molecule has 0 fully saturated rings. The van der Waals surface area contributed by atoms with Crippen LogP contribution in [0.1, 0.15) is 5.56 Å². The second kappa shape index (κ2) is 5.17. The Morgan fingerprint density at radius 2 is 2.23 bits per heavy atom. The molecule has 0 saturated carbocycles. The van der Waals surface area contributed by atoms with Gasteiger partial charge in [0.1, 0.15) is 5.82 Å². The Labute approximate surface area is 81.3 Å². The second-order valence-corrected chi connectivity index (χ2v) is 3.06. The first-order valence-corrected chi connectivity index (χ1v) is 4.37. The summed E-state index contributed by atoms with van der Waals surface area (Å²) in [6, 6.07) is 4.65. The number of rotatable bonds is 4. The molecular formula is C9H11ClFNO. The first kappa shape index (κ1) is 10.4. The Morgan fingerprint density at radius 1 is 1.46 bits per heavy atom. The Balaban J connectivity index is 2.53. The molecule has 0 bridgehead atoms. The van der Waals surface area contributed by atoms with Crippen molar-refractivity contribution in [3.8, 4) is 0 Å². The minimum Gasteiger partial charge on any atom is -0.395 e. The fourth-order valence-corrected chi connectivity index (χ4v) is 1.08. The average Bonchev–Trinajstić information content (AvgIpc) is 2.12. The number of benzene rings is 1. The lowest BCUT2D eigenvalue weighted by Gasteiger charge is -2.03. The predicted octanol–water partition coefficient (Wildman–Crippen LogP) is 1.56. The van der Waals surface area contributed by atoms with E-state index >= 15 is 0 Å². The van der Waals surface area contributed by atoms with Crippen LogP contribution in [-0.2, 0) is 6.54 Å². The molecule has 2 N–H and O–H groups in total. The maximum absolute atomic E-state index is 12.9. The van der Waals surface area contributed by atoms with E-state index in [2.05, 4.69) is 5.32 Å². The van der Waals surface area contributed by atoms with Gasteiger partial charge < -0.3 is 10.4 Å². The summed E-state index contributed by atoms with van der Waals surface area (Å²) in [6.07, 6.45) is 0. The second-order valence-electron chi connectivity index (χ2n) is 2.65. The number of nitrogens with one attached hydrogen (secondary N) is 1. The lowest BCUT2D eigenvalue weighted by Crippen LogP contribution is -2.17. The van der Waals surface area contributed by atoms with Crippen molar-refractivity contribution in [2.75, 3.05) is 13.2 Å². The molecule has 0 aromatic heterocycles. The zero-order valence-corrected chi connectivity index (χ0v) is 7.81. The van der Waals surface area contributed by atoms with Gasteiger partial charge in [0.2, 0.25) is 0 Å². The number of hydrogen-bond acceptors (Lipinski definition) is 2. The van der Waals surface area contributed by atoms with Crippen LogP contribution < -0.4 is 5.32 Å². The number of hydrogen-bond donors (Lipinski definition) is 2. The van der Waals surface area contributed by atoms with Crippen molar-refractivity contribution in [2.45, 2.75) is 6.54 Å². The zero-order valence-electron chi connectivity index (χ0n) is 7.06. The maximum Gasteiger partial charge on any atom is 0.142 e. The van der Waals surface area contributed by atoms with Crippen molar-refractivity contribution in [3.05, 3.63) is 34.6 Å². The van der Waals surface area contributed by atoms with Gasteiger partial charge in [-0.2, -0.15) is 0 Å². The normalized spacial score (nSPS) is 10.4. The topological polar surface area (TPSA) is 32.3 Å². The molecule has 0 aliphatic heterocycles. The van der Waals surface area contributed by atoms with Crippen LogP contribution in [0.5, 0.6) is 0 Å². The highest BCUT2D eigenvalue weighted by Crippen LogP contribution is 2.15. The van der Waals surface area contributed by atoms with Gasteiger partial charge in [0.25, 0.3) is 0 Å². The van der Waals surface area contributed by atoms with E-state index in [4.69, 9.17) is 16.7 Å². The fourth-order valence-electron chi connectivity index (χ4n) is 0.961. The van der Waals surface area contributed by atoms with Crippen molar-refractivity contribution in [3.63, 3.8) is 0 Å². The lowest BCUT2D eigenvalue weighted by molar-refractivity contribution is 0.292. The monoisotopic (exact) mass is 203 g/mol. The van der Waals surface area contributed by atoms with E-state index in [1.54, 1.807) is 6.07 Å². The fraction of sp³-hybridized carbons (Fsp3) is 0.333. The van der Waals surface area contributed by atoms with E-state index in [0.717, 1.165) is 5.56 Å². The molecule has 4 heteroatoms. The summed E-state index contributed by atoms with van der Waals surface area (Å²) in [4.78, 5) is 0. The third kappa shape index (κ3) is 3.30. The third-order valence-corrected chi connectivity index (χ3v) is 1.91. The van der Waals surface area contributed by atoms with E-state index in [-0.39, 0.29) is 11.6 Å². The van der Waals surface area contributed by atoms with Crippen LogP contribution in [0.15, 0.2) is 18.2 Å². The van der Waals surface area contributed by atoms with Crippen molar-refractivity contribution < 1.29 is 9.50 Å². The Kier molecular flexibility index (Phi) is 4.15. The van der Waals surface area contributed by atoms with Crippen LogP contribution in [0.2, 0.25) is 5.02 Å². The summed E-state index contributed by atoms with van der Waals surface area (Å²) in [6.45, 7) is 1.12. The maximum atomic E-state index is 12.9. The molecule has 0 heterocycles. The minimum atomic E-state index is -0.412. The van der Waals surface area contributed by atoms with Gasteiger partial charge in [-0.25, -0.2) is 4.39 Å². The van der Waals surface area contributed by atoms with E-state index in [1.165, 1.54) is 12.1 Å².